The average molecular weight is 368 g/mol. The zero-order valence-corrected chi connectivity index (χ0v) is 16.9. The highest BCUT2D eigenvalue weighted by Gasteiger charge is 2.28. The molecule has 0 fully saturated rings. The predicted molar refractivity (Wildman–Crippen MR) is 113 cm³/mol. The Labute approximate surface area is 164 Å². The number of ether oxygens (including phenoxy) is 1. The van der Waals surface area contributed by atoms with Gasteiger partial charge in [-0.2, -0.15) is 0 Å². The molecule has 0 saturated carbocycles. The molecule has 3 nitrogen and oxygen atoms in total. The van der Waals surface area contributed by atoms with Gasteiger partial charge in [0.2, 0.25) is 0 Å². The second kappa shape index (κ2) is 10.3. The third kappa shape index (κ3) is 5.93. The van der Waals surface area contributed by atoms with Gasteiger partial charge in [0, 0.05) is 10.8 Å². The Kier molecular flexibility index (Phi) is 8.05. The number of likely N-dealkylation sites (N-methyl/N-ethyl adjacent to an activating group) is 1. The van der Waals surface area contributed by atoms with Gasteiger partial charge in [-0.05, 0) is 32.7 Å². The van der Waals surface area contributed by atoms with E-state index in [1.807, 2.05) is 13.8 Å². The molecule has 0 radical (unpaired) electrons. The summed E-state index contributed by atoms with van der Waals surface area (Å²) in [6.07, 6.45) is 29.2. The normalized spacial score (nSPS) is 20.7. The Morgan fingerprint density at radius 3 is 2.30 bits per heavy atom. The molecule has 0 amide bonds. The summed E-state index contributed by atoms with van der Waals surface area (Å²) in [5, 5.41) is 3.21. The first-order chi connectivity index (χ1) is 13.1. The van der Waals surface area contributed by atoms with Crippen LogP contribution in [-0.4, -0.2) is 25.2 Å². The van der Waals surface area contributed by atoms with Crippen LogP contribution in [0, 0.1) is 10.8 Å². The highest BCUT2D eigenvalue weighted by Crippen LogP contribution is 2.39. The summed E-state index contributed by atoms with van der Waals surface area (Å²) in [6.45, 7) is 7.11. The summed E-state index contributed by atoms with van der Waals surface area (Å²) in [7, 11) is 0. The molecule has 0 aromatic heterocycles. The largest absolute Gasteiger partial charge is 0.465 e. The van der Waals surface area contributed by atoms with E-state index in [1.54, 1.807) is 0 Å². The van der Waals surface area contributed by atoms with Gasteiger partial charge in [0.05, 0.1) is 6.61 Å². The number of esters is 1. The lowest BCUT2D eigenvalue weighted by atomic mass is 9.73. The van der Waals surface area contributed by atoms with Crippen molar-refractivity contribution < 1.29 is 9.53 Å². The van der Waals surface area contributed by atoms with E-state index < -0.39 is 0 Å². The number of allylic oxidation sites excluding steroid dienone is 11. The van der Waals surface area contributed by atoms with Gasteiger partial charge in [0.1, 0.15) is 6.04 Å². The molecule has 2 aliphatic carbocycles. The van der Waals surface area contributed by atoms with Crippen molar-refractivity contribution >= 4 is 5.97 Å². The maximum Gasteiger partial charge on any atom is 0.323 e. The van der Waals surface area contributed by atoms with E-state index in [1.165, 1.54) is 0 Å². The third-order valence-electron chi connectivity index (χ3n) is 4.85. The highest BCUT2D eigenvalue weighted by molar-refractivity contribution is 5.76. The highest BCUT2D eigenvalue weighted by atomic mass is 16.5. The molecule has 0 aromatic carbocycles. The van der Waals surface area contributed by atoms with E-state index in [2.05, 4.69) is 85.2 Å². The molecule has 146 valence electrons. The summed E-state index contributed by atoms with van der Waals surface area (Å²) in [5.74, 6) is -0.187. The van der Waals surface area contributed by atoms with Crippen molar-refractivity contribution in [2.45, 2.75) is 46.1 Å². The molecule has 0 aliphatic heterocycles. The molecule has 0 aromatic rings. The summed E-state index contributed by atoms with van der Waals surface area (Å²) in [6, 6.07) is -0.300. The fraction of sp³-hybridized carbons (Fsp3) is 0.458. The van der Waals surface area contributed by atoms with E-state index in [9.17, 15) is 4.79 Å². The van der Waals surface area contributed by atoms with Crippen LogP contribution in [0.4, 0.5) is 0 Å². The van der Waals surface area contributed by atoms with Crippen LogP contribution in [-0.2, 0) is 9.53 Å². The van der Waals surface area contributed by atoms with Crippen LogP contribution < -0.4 is 5.32 Å². The van der Waals surface area contributed by atoms with Crippen molar-refractivity contribution in [3.8, 4) is 0 Å². The maximum absolute atomic E-state index is 12.1. The Bertz CT molecular complexity index is 636. The zero-order valence-electron chi connectivity index (χ0n) is 16.9. The molecule has 1 N–H and O–H groups in total. The second-order valence-electron chi connectivity index (χ2n) is 7.02. The van der Waals surface area contributed by atoms with Crippen molar-refractivity contribution in [2.24, 2.45) is 10.8 Å². The first kappa shape index (κ1) is 21.2. The van der Waals surface area contributed by atoms with E-state index in [0.29, 0.717) is 13.0 Å². The number of hydrogen-bond acceptors (Lipinski definition) is 3. The molecular weight excluding hydrogens is 334 g/mol. The van der Waals surface area contributed by atoms with Crippen LogP contribution in [0.5, 0.6) is 0 Å². The first-order valence-electron chi connectivity index (χ1n) is 10.1. The van der Waals surface area contributed by atoms with E-state index >= 15 is 0 Å². The van der Waals surface area contributed by atoms with Crippen molar-refractivity contribution in [1.82, 2.24) is 5.32 Å². The Morgan fingerprint density at radius 2 is 1.70 bits per heavy atom. The number of hydrogen-bond donors (Lipinski definition) is 1. The topological polar surface area (TPSA) is 38.3 Å². The van der Waals surface area contributed by atoms with Crippen LogP contribution in [0.25, 0.3) is 0 Å². The number of carbonyl (C=O) groups excluding carboxylic acids is 1. The van der Waals surface area contributed by atoms with Crippen LogP contribution >= 0.6 is 0 Å². The third-order valence-corrected chi connectivity index (χ3v) is 4.85. The molecule has 0 heterocycles. The lowest BCUT2D eigenvalue weighted by Crippen LogP contribution is -2.37. The smallest absolute Gasteiger partial charge is 0.323 e. The first-order valence-corrected chi connectivity index (χ1v) is 10.1. The number of nitrogens with one attached hydrogen (secondary N) is 1. The lowest BCUT2D eigenvalue weighted by Gasteiger charge is -2.31. The van der Waals surface area contributed by atoms with E-state index in [4.69, 9.17) is 4.74 Å². The summed E-state index contributed by atoms with van der Waals surface area (Å²) in [4.78, 5) is 12.1. The Morgan fingerprint density at radius 1 is 1.04 bits per heavy atom. The maximum atomic E-state index is 12.1. The van der Waals surface area contributed by atoms with Gasteiger partial charge < -0.3 is 10.1 Å². The summed E-state index contributed by atoms with van der Waals surface area (Å²) in [5.41, 5.74) is -0.335. The monoisotopic (exact) mass is 367 g/mol. The van der Waals surface area contributed by atoms with Gasteiger partial charge in [-0.15, -0.1) is 0 Å². The van der Waals surface area contributed by atoms with Gasteiger partial charge in [0.15, 0.2) is 0 Å². The van der Waals surface area contributed by atoms with E-state index in [-0.39, 0.29) is 22.8 Å². The average Bonchev–Trinajstić information content (AvgIpc) is 2.69. The SMILES string of the molecule is CC/C=C\C1(/C=C\CC(NCC)C(=O)OCC)C=CC2(C=CCC=C2)C=C1. The number of rotatable bonds is 9. The van der Waals surface area contributed by atoms with E-state index in [0.717, 1.165) is 19.4 Å². The fourth-order valence-electron chi connectivity index (χ4n) is 3.35. The van der Waals surface area contributed by atoms with Crippen LogP contribution in [0.3, 0.4) is 0 Å². The minimum atomic E-state index is -0.300. The molecular formula is C24H33NO2. The fourth-order valence-corrected chi connectivity index (χ4v) is 3.35. The summed E-state index contributed by atoms with van der Waals surface area (Å²) >= 11 is 0. The molecule has 27 heavy (non-hydrogen) atoms. The quantitative estimate of drug-likeness (QED) is 0.457. The van der Waals surface area contributed by atoms with Gasteiger partial charge in [-0.3, -0.25) is 4.79 Å². The van der Waals surface area contributed by atoms with Gasteiger partial charge >= 0.3 is 5.97 Å². The van der Waals surface area contributed by atoms with Gasteiger partial charge in [-0.25, -0.2) is 0 Å². The van der Waals surface area contributed by atoms with Gasteiger partial charge in [-0.1, -0.05) is 86.8 Å². The van der Waals surface area contributed by atoms with Crippen molar-refractivity contribution in [1.29, 1.82) is 0 Å². The predicted octanol–water partition coefficient (Wildman–Crippen LogP) is 5.06. The molecule has 0 saturated heterocycles. The van der Waals surface area contributed by atoms with Crippen LogP contribution in [0.2, 0.25) is 0 Å². The second-order valence-corrected chi connectivity index (χ2v) is 7.02. The lowest BCUT2D eigenvalue weighted by molar-refractivity contribution is -0.145. The van der Waals surface area contributed by atoms with Crippen molar-refractivity contribution in [2.75, 3.05) is 13.2 Å². The molecule has 1 unspecified atom stereocenters. The Hall–Kier alpha value is -2.13. The summed E-state index contributed by atoms with van der Waals surface area (Å²) < 4.78 is 5.17. The van der Waals surface area contributed by atoms with Gasteiger partial charge in [0.25, 0.3) is 0 Å². The van der Waals surface area contributed by atoms with Crippen molar-refractivity contribution in [3.05, 3.63) is 72.9 Å². The molecule has 1 spiro atoms. The van der Waals surface area contributed by atoms with Crippen LogP contribution in [0.15, 0.2) is 72.9 Å². The Balaban J connectivity index is 2.15. The molecule has 0 bridgehead atoms. The minimum absolute atomic E-state index is 0.0904. The zero-order chi connectivity index (χ0) is 19.6. The number of carbonyl (C=O) groups is 1. The minimum Gasteiger partial charge on any atom is -0.465 e. The van der Waals surface area contributed by atoms with Crippen molar-refractivity contribution in [3.63, 3.8) is 0 Å². The molecule has 3 heteroatoms. The molecule has 2 aliphatic rings. The standard InChI is InChI=1S/C24H33NO2/c1-4-7-13-23(16-11-12-21(25-5-2)22(26)27-6-3)17-19-24(20-18-23)14-9-8-10-15-24/h7,9-11,13-21,25H,4-6,8,12H2,1-3H3/b13-7-,16-11-. The van der Waals surface area contributed by atoms with Crippen LogP contribution in [0.1, 0.15) is 40.0 Å². The molecule has 1 atom stereocenters. The molecule has 2 rings (SSSR count).